The molecule has 1 aliphatic heterocycles. The van der Waals surface area contributed by atoms with Crippen LogP contribution in [0.15, 0.2) is 23.1 Å². The van der Waals surface area contributed by atoms with Crippen LogP contribution >= 0.6 is 24.0 Å². The van der Waals surface area contributed by atoms with Gasteiger partial charge in [0.15, 0.2) is 11.5 Å². The fourth-order valence-corrected chi connectivity index (χ4v) is 2.78. The molecule has 0 bridgehead atoms. The Kier molecular flexibility index (Phi) is 4.11. The highest BCUT2D eigenvalue weighted by Gasteiger charge is 2.28. The second-order valence-corrected chi connectivity index (χ2v) is 5.58. The summed E-state index contributed by atoms with van der Waals surface area (Å²) in [6, 6.07) is 5.03. The number of carbonyl (C=O) groups excluding carboxylic acids is 1. The van der Waals surface area contributed by atoms with Crippen molar-refractivity contribution in [3.05, 3.63) is 28.7 Å². The molecule has 6 heteroatoms. The zero-order valence-corrected chi connectivity index (χ0v) is 12.2. The highest BCUT2D eigenvalue weighted by Crippen LogP contribution is 2.33. The highest BCUT2D eigenvalue weighted by atomic mass is 32.2. The summed E-state index contributed by atoms with van der Waals surface area (Å²) in [5, 5.41) is 9.78. The second-order valence-electron chi connectivity index (χ2n) is 3.90. The van der Waals surface area contributed by atoms with Gasteiger partial charge in [-0.05, 0) is 30.7 Å². The van der Waals surface area contributed by atoms with Crippen LogP contribution in [0.2, 0.25) is 0 Å². The predicted octanol–water partition coefficient (Wildman–Crippen LogP) is 2.62. The number of hydrogen-bond acceptors (Lipinski definition) is 5. The van der Waals surface area contributed by atoms with Crippen LogP contribution in [0.5, 0.6) is 11.5 Å². The van der Waals surface area contributed by atoms with E-state index in [1.807, 2.05) is 6.92 Å². The summed E-state index contributed by atoms with van der Waals surface area (Å²) in [6.07, 6.45) is 1.71. The molecule has 2 rings (SSSR count). The summed E-state index contributed by atoms with van der Waals surface area (Å²) in [5.74, 6) is 0.369. The molecule has 1 aromatic rings. The molecule has 0 saturated carbocycles. The van der Waals surface area contributed by atoms with E-state index in [1.54, 1.807) is 31.3 Å². The lowest BCUT2D eigenvalue weighted by Gasteiger charge is -2.06. The maximum Gasteiger partial charge on any atom is 0.265 e. The quantitative estimate of drug-likeness (QED) is 0.686. The average molecular weight is 295 g/mol. The Morgan fingerprint density at radius 2 is 2.26 bits per heavy atom. The molecule has 1 amide bonds. The van der Waals surface area contributed by atoms with Crippen LogP contribution in [0.25, 0.3) is 6.08 Å². The number of ether oxygens (including phenoxy) is 1. The van der Waals surface area contributed by atoms with Crippen LogP contribution in [0.3, 0.4) is 0 Å². The van der Waals surface area contributed by atoms with E-state index in [-0.39, 0.29) is 11.7 Å². The van der Waals surface area contributed by atoms with E-state index in [0.29, 0.717) is 21.6 Å². The lowest BCUT2D eigenvalue weighted by molar-refractivity contribution is -0.121. The number of amides is 1. The number of carbonyl (C=O) groups is 1. The number of phenols is 1. The largest absolute Gasteiger partial charge is 0.504 e. The number of aromatic hydroxyl groups is 1. The number of hydrogen-bond donors (Lipinski definition) is 1. The Balaban J connectivity index is 2.27. The first-order valence-corrected chi connectivity index (χ1v) is 6.92. The molecular formula is C13H13NO3S2. The van der Waals surface area contributed by atoms with Crippen molar-refractivity contribution in [3.63, 3.8) is 0 Å². The van der Waals surface area contributed by atoms with Crippen LogP contribution in [0, 0.1) is 0 Å². The third-order valence-corrected chi connectivity index (χ3v) is 4.05. The van der Waals surface area contributed by atoms with Gasteiger partial charge in [0.25, 0.3) is 5.91 Å². The number of phenolic OH excluding ortho intramolecular Hbond substituents is 1. The lowest BCUT2D eigenvalue weighted by Crippen LogP contribution is -2.22. The van der Waals surface area contributed by atoms with Crippen molar-refractivity contribution in [1.29, 1.82) is 0 Å². The molecule has 19 heavy (non-hydrogen) atoms. The molecule has 1 fully saturated rings. The van der Waals surface area contributed by atoms with Gasteiger partial charge in [0.1, 0.15) is 4.32 Å². The average Bonchev–Trinajstić information content (AvgIpc) is 2.61. The summed E-state index contributed by atoms with van der Waals surface area (Å²) in [6.45, 7) is 2.33. The second kappa shape index (κ2) is 5.63. The summed E-state index contributed by atoms with van der Waals surface area (Å²) in [4.78, 5) is 13.8. The zero-order valence-electron chi connectivity index (χ0n) is 10.5. The molecule has 0 aliphatic carbocycles. The summed E-state index contributed by atoms with van der Waals surface area (Å²) >= 11 is 6.30. The van der Waals surface area contributed by atoms with Crippen molar-refractivity contribution >= 4 is 40.3 Å². The van der Waals surface area contributed by atoms with Gasteiger partial charge in [0, 0.05) is 7.05 Å². The van der Waals surface area contributed by atoms with Crippen LogP contribution in [0.4, 0.5) is 0 Å². The minimum Gasteiger partial charge on any atom is -0.504 e. The van der Waals surface area contributed by atoms with Crippen molar-refractivity contribution in [2.75, 3.05) is 13.7 Å². The van der Waals surface area contributed by atoms with Gasteiger partial charge in [-0.15, -0.1) is 0 Å². The fourth-order valence-electron chi connectivity index (χ4n) is 1.60. The Morgan fingerprint density at radius 3 is 2.79 bits per heavy atom. The molecule has 0 aromatic heterocycles. The van der Waals surface area contributed by atoms with Gasteiger partial charge in [0.05, 0.1) is 11.5 Å². The van der Waals surface area contributed by atoms with Crippen molar-refractivity contribution in [1.82, 2.24) is 4.90 Å². The van der Waals surface area contributed by atoms with Gasteiger partial charge in [-0.25, -0.2) is 0 Å². The van der Waals surface area contributed by atoms with Gasteiger partial charge in [-0.2, -0.15) is 0 Å². The summed E-state index contributed by atoms with van der Waals surface area (Å²) in [7, 11) is 1.65. The molecule has 4 nitrogen and oxygen atoms in total. The molecule has 1 aliphatic rings. The number of benzene rings is 1. The SMILES string of the molecule is CCOc1ccc(/C=C2/SC(=S)N(C)C2=O)cc1O. The number of thiocarbonyl (C=S) groups is 1. The molecule has 100 valence electrons. The third kappa shape index (κ3) is 2.90. The van der Waals surface area contributed by atoms with Gasteiger partial charge < -0.3 is 9.84 Å². The summed E-state index contributed by atoms with van der Waals surface area (Å²) < 4.78 is 5.78. The van der Waals surface area contributed by atoms with Crippen LogP contribution in [0.1, 0.15) is 12.5 Å². The smallest absolute Gasteiger partial charge is 0.265 e. The van der Waals surface area contributed by atoms with Gasteiger partial charge >= 0.3 is 0 Å². The first-order chi connectivity index (χ1) is 9.02. The van der Waals surface area contributed by atoms with Gasteiger partial charge in [0.2, 0.25) is 0 Å². The molecule has 1 N–H and O–H groups in total. The Bertz CT molecular complexity index is 569. The van der Waals surface area contributed by atoms with Crippen molar-refractivity contribution in [2.24, 2.45) is 0 Å². The predicted molar refractivity (Wildman–Crippen MR) is 80.2 cm³/mol. The number of rotatable bonds is 3. The Labute approximate surface area is 121 Å². The monoisotopic (exact) mass is 295 g/mol. The van der Waals surface area contributed by atoms with E-state index in [1.165, 1.54) is 16.7 Å². The fraction of sp³-hybridized carbons (Fsp3) is 0.231. The topological polar surface area (TPSA) is 49.8 Å². The molecule has 0 atom stereocenters. The third-order valence-electron chi connectivity index (χ3n) is 2.57. The first kappa shape index (κ1) is 13.9. The Morgan fingerprint density at radius 1 is 1.53 bits per heavy atom. The molecule has 0 unspecified atom stereocenters. The van der Waals surface area contributed by atoms with Crippen LogP contribution in [-0.4, -0.2) is 33.9 Å². The van der Waals surface area contributed by atoms with E-state index in [2.05, 4.69) is 0 Å². The zero-order chi connectivity index (χ0) is 14.0. The van der Waals surface area contributed by atoms with E-state index >= 15 is 0 Å². The molecule has 0 spiro atoms. The van der Waals surface area contributed by atoms with E-state index in [9.17, 15) is 9.90 Å². The first-order valence-electron chi connectivity index (χ1n) is 5.70. The van der Waals surface area contributed by atoms with E-state index < -0.39 is 0 Å². The minimum atomic E-state index is -0.122. The standard InChI is InChI=1S/C13H13NO3S2/c1-3-17-10-5-4-8(6-9(10)15)7-11-12(16)14(2)13(18)19-11/h4-7,15H,3H2,1-2H3/b11-7+. The van der Waals surface area contributed by atoms with Gasteiger partial charge in [-0.1, -0.05) is 30.0 Å². The molecule has 1 heterocycles. The molecule has 0 radical (unpaired) electrons. The lowest BCUT2D eigenvalue weighted by atomic mass is 10.2. The maximum absolute atomic E-state index is 11.8. The van der Waals surface area contributed by atoms with Crippen molar-refractivity contribution < 1.29 is 14.6 Å². The van der Waals surface area contributed by atoms with Gasteiger partial charge in [-0.3, -0.25) is 9.69 Å². The molecule has 1 saturated heterocycles. The number of likely N-dealkylation sites (N-methyl/N-ethyl adjacent to an activating group) is 1. The maximum atomic E-state index is 11.8. The van der Waals surface area contributed by atoms with Crippen LogP contribution < -0.4 is 4.74 Å². The number of thioether (sulfide) groups is 1. The number of nitrogens with zero attached hydrogens (tertiary/aromatic N) is 1. The highest BCUT2D eigenvalue weighted by molar-refractivity contribution is 8.26. The molecule has 1 aromatic carbocycles. The normalized spacial score (nSPS) is 17.4. The van der Waals surface area contributed by atoms with E-state index in [4.69, 9.17) is 17.0 Å². The Hall–Kier alpha value is -1.53. The van der Waals surface area contributed by atoms with Crippen molar-refractivity contribution in [3.8, 4) is 11.5 Å². The molecular weight excluding hydrogens is 282 g/mol. The minimum absolute atomic E-state index is 0.0579. The van der Waals surface area contributed by atoms with E-state index in [0.717, 1.165) is 5.56 Å². The van der Waals surface area contributed by atoms with Crippen LogP contribution in [-0.2, 0) is 4.79 Å². The van der Waals surface area contributed by atoms with Crippen molar-refractivity contribution in [2.45, 2.75) is 6.92 Å². The summed E-state index contributed by atoms with van der Waals surface area (Å²) in [5.41, 5.74) is 0.731.